The summed E-state index contributed by atoms with van der Waals surface area (Å²) in [6, 6.07) is 19.9. The van der Waals surface area contributed by atoms with E-state index in [1.165, 1.54) is 61.0 Å². The van der Waals surface area contributed by atoms with Crippen molar-refractivity contribution in [1.82, 2.24) is 4.40 Å². The topological polar surface area (TPSA) is 17.5 Å². The van der Waals surface area contributed by atoms with Gasteiger partial charge < -0.3 is 4.74 Å². The third-order valence-corrected chi connectivity index (χ3v) is 8.93. The molecule has 0 spiro atoms. The van der Waals surface area contributed by atoms with Gasteiger partial charge in [0.15, 0.2) is 11.4 Å². The van der Waals surface area contributed by atoms with E-state index < -0.39 is 0 Å². The van der Waals surface area contributed by atoms with E-state index in [2.05, 4.69) is 112 Å². The van der Waals surface area contributed by atoms with Crippen molar-refractivity contribution in [3.05, 3.63) is 77.0 Å². The fourth-order valence-corrected chi connectivity index (χ4v) is 6.44. The molecule has 1 aliphatic rings. The fourth-order valence-electron chi connectivity index (χ4n) is 6.44. The average Bonchev–Trinajstić information content (AvgIpc) is 3.12. The van der Waals surface area contributed by atoms with Crippen molar-refractivity contribution < 1.29 is 9.30 Å². The summed E-state index contributed by atoms with van der Waals surface area (Å²) in [5.41, 5.74) is 10.3. The monoisotopic (exact) mass is 449 g/mol. The van der Waals surface area contributed by atoms with Crippen molar-refractivity contribution in [2.75, 3.05) is 7.11 Å². The molecule has 172 valence electrons. The number of pyridine rings is 1. The third-order valence-electron chi connectivity index (χ3n) is 8.93. The van der Waals surface area contributed by atoms with E-state index in [0.717, 1.165) is 5.75 Å². The molecular weight excluding hydrogens is 416 g/mol. The first-order valence-electron chi connectivity index (χ1n) is 12.2. The predicted octanol–water partition coefficient (Wildman–Crippen LogP) is 6.93. The van der Waals surface area contributed by atoms with E-state index in [0.29, 0.717) is 0 Å². The predicted molar refractivity (Wildman–Crippen MR) is 141 cm³/mol. The highest BCUT2D eigenvalue weighted by Crippen LogP contribution is 2.54. The van der Waals surface area contributed by atoms with E-state index in [1.807, 2.05) is 0 Å². The van der Waals surface area contributed by atoms with Crippen LogP contribution in [-0.2, 0) is 17.9 Å². The minimum Gasteiger partial charge on any atom is -0.496 e. The van der Waals surface area contributed by atoms with Crippen molar-refractivity contribution in [1.29, 1.82) is 0 Å². The van der Waals surface area contributed by atoms with Gasteiger partial charge in [0.05, 0.1) is 19.5 Å². The van der Waals surface area contributed by atoms with Crippen LogP contribution in [0.15, 0.2) is 54.6 Å². The van der Waals surface area contributed by atoms with E-state index in [4.69, 9.17) is 4.74 Å². The van der Waals surface area contributed by atoms with Gasteiger partial charge in [-0.05, 0) is 31.5 Å². The Balaban J connectivity index is 2.04. The number of imidazole rings is 1. The highest BCUT2D eigenvalue weighted by molar-refractivity contribution is 6.15. The molecule has 34 heavy (non-hydrogen) atoms. The Bertz CT molecular complexity index is 1650. The zero-order chi connectivity index (χ0) is 24.2. The second-order valence-corrected chi connectivity index (χ2v) is 11.0. The van der Waals surface area contributed by atoms with Crippen LogP contribution in [0.3, 0.4) is 0 Å². The van der Waals surface area contributed by atoms with E-state index in [1.54, 1.807) is 7.11 Å². The molecule has 2 aromatic heterocycles. The van der Waals surface area contributed by atoms with Crippen LogP contribution in [-0.4, -0.2) is 11.5 Å². The average molecular weight is 450 g/mol. The number of aromatic nitrogens is 2. The first-order valence-corrected chi connectivity index (χ1v) is 12.2. The summed E-state index contributed by atoms with van der Waals surface area (Å²) in [6.07, 6.45) is 0. The van der Waals surface area contributed by atoms with Crippen molar-refractivity contribution in [2.24, 2.45) is 7.05 Å². The summed E-state index contributed by atoms with van der Waals surface area (Å²) < 4.78 is 10.8. The molecule has 3 heterocycles. The number of hydrogen-bond acceptors (Lipinski definition) is 1. The fraction of sp³-hybridized carbons (Fsp3) is 0.323. The summed E-state index contributed by atoms with van der Waals surface area (Å²) in [5.74, 6) is 0.934. The standard InChI is InChI=1S/C31H33N2O/c1-18-14-16-22-27-24(18)21-15-17-23(34-8)19(2)25(21)29-32(7)26(20-12-10-9-11-13-20)28(33(27)29)31(5,6)30(22,3)4/h9-17H,1-8H3/q+1. The van der Waals surface area contributed by atoms with Gasteiger partial charge >= 0.3 is 0 Å². The first-order chi connectivity index (χ1) is 16.1. The largest absolute Gasteiger partial charge is 0.496 e. The molecule has 3 heteroatoms. The zero-order valence-corrected chi connectivity index (χ0v) is 21.5. The highest BCUT2D eigenvalue weighted by atomic mass is 16.5. The quantitative estimate of drug-likeness (QED) is 0.211. The minimum atomic E-state index is -0.0992. The molecule has 3 nitrogen and oxygen atoms in total. The Hall–Kier alpha value is -3.33. The Morgan fingerprint density at radius 3 is 2.21 bits per heavy atom. The summed E-state index contributed by atoms with van der Waals surface area (Å²) in [6.45, 7) is 14.1. The van der Waals surface area contributed by atoms with E-state index in [9.17, 15) is 0 Å². The van der Waals surface area contributed by atoms with Gasteiger partial charge in [0.1, 0.15) is 11.3 Å². The summed E-state index contributed by atoms with van der Waals surface area (Å²) >= 11 is 0. The number of benzene rings is 3. The van der Waals surface area contributed by atoms with Crippen LogP contribution in [0, 0.1) is 13.8 Å². The van der Waals surface area contributed by atoms with Crippen LogP contribution in [0.4, 0.5) is 0 Å². The lowest BCUT2D eigenvalue weighted by Gasteiger charge is -2.43. The van der Waals surface area contributed by atoms with Crippen LogP contribution in [0.2, 0.25) is 0 Å². The number of ether oxygens (including phenoxy) is 1. The molecule has 1 aliphatic heterocycles. The van der Waals surface area contributed by atoms with E-state index >= 15 is 0 Å². The maximum Gasteiger partial charge on any atom is 0.295 e. The molecule has 0 atom stereocenters. The minimum absolute atomic E-state index is 0.0496. The molecule has 0 aliphatic carbocycles. The molecular formula is C31H33N2O+. The molecule has 0 bridgehead atoms. The van der Waals surface area contributed by atoms with Gasteiger partial charge in [0, 0.05) is 38.3 Å². The molecule has 0 saturated carbocycles. The van der Waals surface area contributed by atoms with E-state index in [-0.39, 0.29) is 10.8 Å². The van der Waals surface area contributed by atoms with Crippen molar-refractivity contribution >= 4 is 27.3 Å². The lowest BCUT2D eigenvalue weighted by atomic mass is 9.60. The number of methoxy groups -OCH3 is 1. The Kier molecular flexibility index (Phi) is 4.14. The number of nitrogens with zero attached hydrogens (tertiary/aromatic N) is 2. The maximum absolute atomic E-state index is 5.80. The normalized spacial score (nSPS) is 16.1. The SMILES string of the molecule is COc1ccc2c3c(C)ccc4c3n3c(c(-c5ccccc5)[n+](C)c3c2c1C)C(C)(C)C4(C)C. The Labute approximate surface area is 201 Å². The third kappa shape index (κ3) is 2.30. The number of fused-ring (bicyclic) bond motifs is 3. The highest BCUT2D eigenvalue weighted by Gasteiger charge is 2.52. The molecule has 5 aromatic rings. The number of hydrogen-bond donors (Lipinski definition) is 0. The lowest BCUT2D eigenvalue weighted by Crippen LogP contribution is -2.44. The smallest absolute Gasteiger partial charge is 0.295 e. The van der Waals surface area contributed by atoms with Gasteiger partial charge in [-0.15, -0.1) is 0 Å². The molecule has 0 N–H and O–H groups in total. The first kappa shape index (κ1) is 21.2. The van der Waals surface area contributed by atoms with Crippen LogP contribution >= 0.6 is 0 Å². The zero-order valence-electron chi connectivity index (χ0n) is 21.5. The Morgan fingerprint density at radius 2 is 1.53 bits per heavy atom. The van der Waals surface area contributed by atoms with Crippen molar-refractivity contribution in [2.45, 2.75) is 52.4 Å². The van der Waals surface area contributed by atoms with Crippen molar-refractivity contribution in [3.63, 3.8) is 0 Å². The number of rotatable bonds is 2. The van der Waals surface area contributed by atoms with Gasteiger partial charge in [-0.2, -0.15) is 4.40 Å². The van der Waals surface area contributed by atoms with Crippen molar-refractivity contribution in [3.8, 4) is 17.0 Å². The van der Waals surface area contributed by atoms with Gasteiger partial charge in [0.2, 0.25) is 0 Å². The van der Waals surface area contributed by atoms with Crippen LogP contribution in [0.25, 0.3) is 38.6 Å². The summed E-state index contributed by atoms with van der Waals surface area (Å²) in [7, 11) is 4.00. The van der Waals surface area contributed by atoms with Gasteiger partial charge in [-0.1, -0.05) is 70.2 Å². The van der Waals surface area contributed by atoms with Gasteiger partial charge in [0.25, 0.3) is 5.65 Å². The molecule has 3 aromatic carbocycles. The molecule has 0 radical (unpaired) electrons. The van der Waals surface area contributed by atoms with Crippen LogP contribution < -0.4 is 9.30 Å². The number of aryl methyl sites for hydroxylation is 3. The van der Waals surface area contributed by atoms with Crippen LogP contribution in [0.1, 0.15) is 50.1 Å². The molecule has 0 unspecified atom stereocenters. The summed E-state index contributed by atoms with van der Waals surface area (Å²) in [4.78, 5) is 0. The molecule has 0 amide bonds. The molecule has 0 saturated heterocycles. The van der Waals surface area contributed by atoms with Gasteiger partial charge in [-0.3, -0.25) is 0 Å². The Morgan fingerprint density at radius 1 is 0.824 bits per heavy atom. The maximum atomic E-state index is 5.80. The lowest BCUT2D eigenvalue weighted by molar-refractivity contribution is -0.632. The second kappa shape index (κ2) is 6.63. The van der Waals surface area contributed by atoms with Gasteiger partial charge in [-0.25, -0.2) is 4.57 Å². The molecule has 6 rings (SSSR count). The summed E-state index contributed by atoms with van der Waals surface area (Å²) in [5, 5.41) is 3.93. The molecule has 0 fully saturated rings. The van der Waals surface area contributed by atoms with Crippen LogP contribution in [0.5, 0.6) is 5.75 Å². The second-order valence-electron chi connectivity index (χ2n) is 11.0.